The number of hydrogen-bond donors (Lipinski definition) is 26. The Morgan fingerprint density at radius 2 is 1.22 bits per heavy atom. The average Bonchev–Trinajstić information content (AvgIpc) is 1.72. The van der Waals surface area contributed by atoms with E-state index in [0.717, 1.165) is 11.8 Å². The molecule has 0 aromatic heterocycles. The number of thiol groups is 2. The molecular formula is C67H100IN21O21S2. The first-order chi connectivity index (χ1) is 52.9. The van der Waals surface area contributed by atoms with Gasteiger partial charge in [0.05, 0.1) is 22.6 Å². The number of fused-ring (bicyclic) bond motifs is 1. The summed E-state index contributed by atoms with van der Waals surface area (Å²) >= 11 is 10.2. The zero-order chi connectivity index (χ0) is 83.5. The number of carboxylic acid groups (broad SMARTS) is 1. The number of carbonyl (C=O) groups is 17. The number of nitrogens with one attached hydrogen (secondary N) is 15. The lowest BCUT2D eigenvalue weighted by Gasteiger charge is -2.31. The molecule has 42 nitrogen and oxygen atoms in total. The first kappa shape index (κ1) is 93.8. The molecule has 45 heteroatoms. The van der Waals surface area contributed by atoms with Crippen LogP contribution in [0.15, 0.2) is 42.5 Å². The van der Waals surface area contributed by atoms with E-state index < -0.39 is 236 Å². The van der Waals surface area contributed by atoms with Gasteiger partial charge in [-0.05, 0) is 136 Å². The van der Waals surface area contributed by atoms with Gasteiger partial charge in [-0.25, -0.2) is 4.79 Å². The van der Waals surface area contributed by atoms with Crippen LogP contribution in [0.25, 0.3) is 0 Å². The van der Waals surface area contributed by atoms with Crippen LogP contribution in [0, 0.1) is 8.98 Å². The molecule has 2 aromatic rings. The first-order valence-electron chi connectivity index (χ1n) is 35.6. The molecule has 2 fully saturated rings. The highest BCUT2D eigenvalue weighted by Crippen LogP contribution is 2.23. The van der Waals surface area contributed by atoms with E-state index in [2.05, 4.69) is 99.7 Å². The number of aliphatic hydroxyl groups excluding tert-OH is 1. The minimum absolute atomic E-state index is 0.000301. The van der Waals surface area contributed by atoms with Crippen molar-refractivity contribution >= 4 is 154 Å². The van der Waals surface area contributed by atoms with E-state index in [1.165, 1.54) is 42.5 Å². The van der Waals surface area contributed by atoms with Gasteiger partial charge in [-0.3, -0.25) is 82.1 Å². The van der Waals surface area contributed by atoms with Gasteiger partial charge in [-0.15, -0.1) is 0 Å². The maximum atomic E-state index is 14.9. The fourth-order valence-corrected chi connectivity index (χ4v) is 12.7. The third-order valence-corrected chi connectivity index (χ3v) is 19.1. The number of primary amides is 3. The smallest absolute Gasteiger partial charge is 0.312 e. The van der Waals surface area contributed by atoms with Gasteiger partial charge in [0.1, 0.15) is 84.0 Å². The molecule has 0 spiro atoms. The number of aliphatic carboxylic acids is 1. The summed E-state index contributed by atoms with van der Waals surface area (Å²) in [4.78, 5) is 236. The fraction of sp³-hybridized carbons (Fsp3) is 0.552. The Balaban J connectivity index is 1.91. The Kier molecular flexibility index (Phi) is 39.9. The number of rotatable bonds is 27. The Morgan fingerprint density at radius 3 is 1.79 bits per heavy atom. The Labute approximate surface area is 667 Å². The number of urea groups is 1. The van der Waals surface area contributed by atoms with E-state index in [4.69, 9.17) is 34.1 Å². The Bertz CT molecular complexity index is 3720. The number of hydrogen-bond acceptors (Lipinski definition) is 24. The van der Waals surface area contributed by atoms with Crippen LogP contribution in [-0.4, -0.2) is 255 Å². The topological polar surface area (TPSA) is 697 Å². The van der Waals surface area contributed by atoms with Gasteiger partial charge in [0.15, 0.2) is 5.96 Å². The number of nitrogens with two attached hydrogens (primary N) is 5. The van der Waals surface area contributed by atoms with Gasteiger partial charge >= 0.3 is 12.0 Å². The highest BCUT2D eigenvalue weighted by Gasteiger charge is 2.42. The molecule has 1 unspecified atom stereocenters. The number of halogens is 1. The van der Waals surface area contributed by atoms with Gasteiger partial charge in [0.25, 0.3) is 0 Å². The van der Waals surface area contributed by atoms with Crippen molar-refractivity contribution in [3.63, 3.8) is 0 Å². The van der Waals surface area contributed by atoms with Crippen LogP contribution < -0.4 is 103 Å². The highest BCUT2D eigenvalue weighted by molar-refractivity contribution is 14.1. The summed E-state index contributed by atoms with van der Waals surface area (Å²) < 4.78 is 0.269. The van der Waals surface area contributed by atoms with Crippen LogP contribution in [0.3, 0.4) is 0 Å². The molecule has 112 heavy (non-hydrogen) atoms. The molecule has 2 aromatic carbocycles. The summed E-state index contributed by atoms with van der Waals surface area (Å²) in [5, 5.41) is 83.4. The Hall–Kier alpha value is -10.5. The van der Waals surface area contributed by atoms with Crippen molar-refractivity contribution in [1.82, 2.24) is 79.3 Å². The van der Waals surface area contributed by atoms with E-state index in [1.54, 1.807) is 22.6 Å². The maximum Gasteiger partial charge on any atom is 0.312 e. The number of guanidine groups is 1. The van der Waals surface area contributed by atoms with Crippen molar-refractivity contribution in [3.8, 4) is 11.5 Å². The average molecular weight is 1730 g/mol. The number of nitrogens with zero attached hydrogens (tertiary/aromatic N) is 1. The minimum atomic E-state index is -2.02. The fourth-order valence-electron chi connectivity index (χ4n) is 11.6. The third kappa shape index (κ3) is 32.4. The quantitative estimate of drug-likeness (QED) is 0.0130. The van der Waals surface area contributed by atoms with Crippen molar-refractivity contribution < 1.29 is 102 Å². The summed E-state index contributed by atoms with van der Waals surface area (Å²) in [6, 6.07) is -11.9. The zero-order valence-electron chi connectivity index (χ0n) is 61.1. The molecule has 0 saturated carbocycles. The first-order valence-corrected chi connectivity index (χ1v) is 38.0. The summed E-state index contributed by atoms with van der Waals surface area (Å²) in [6.07, 6.45) is -7.16. The predicted octanol–water partition coefficient (Wildman–Crippen LogP) is -7.97. The number of amides is 17. The van der Waals surface area contributed by atoms with Crippen molar-refractivity contribution in [2.24, 2.45) is 28.7 Å². The summed E-state index contributed by atoms with van der Waals surface area (Å²) in [7, 11) is 0. The molecule has 17 amide bonds. The summed E-state index contributed by atoms with van der Waals surface area (Å²) in [5.41, 5.74) is 28.2. The van der Waals surface area contributed by atoms with E-state index in [-0.39, 0.29) is 117 Å². The van der Waals surface area contributed by atoms with Crippen LogP contribution in [-0.2, 0) is 89.6 Å². The lowest BCUT2D eigenvalue weighted by Crippen LogP contribution is -2.62. The van der Waals surface area contributed by atoms with E-state index in [9.17, 15) is 102 Å². The highest BCUT2D eigenvalue weighted by atomic mass is 127. The predicted molar refractivity (Wildman–Crippen MR) is 413 cm³/mol. The zero-order valence-corrected chi connectivity index (χ0v) is 65.1. The van der Waals surface area contributed by atoms with Crippen LogP contribution in [0.4, 0.5) is 4.79 Å². The van der Waals surface area contributed by atoms with Gasteiger partial charge in [0.2, 0.25) is 88.6 Å². The number of carbonyl (C=O) groups excluding carboxylic acids is 16. The molecule has 2 aliphatic heterocycles. The second-order valence-electron chi connectivity index (χ2n) is 26.3. The number of phenols is 2. The van der Waals surface area contributed by atoms with Gasteiger partial charge < -0.3 is 128 Å². The van der Waals surface area contributed by atoms with Crippen molar-refractivity contribution in [2.75, 3.05) is 44.2 Å². The van der Waals surface area contributed by atoms with Gasteiger partial charge in [0, 0.05) is 63.4 Å². The molecule has 0 aliphatic carbocycles. The van der Waals surface area contributed by atoms with Crippen molar-refractivity contribution in [1.29, 1.82) is 5.41 Å². The standard InChI is InChI=1S/C67H100IN21O21S2/c1-32(90)53-64(108)86-44(28-52(96)97)65(109)89-24-6-10-47(89)63(107)83-39(8-4-22-76-66(72)73)56(100)87-46(31-112)62(106)80-38(9-5-23-77-67(74)110)55(99)85-43(27-34-13-18-48(92)36(68)25-34)60(104)82-40(16-19-49(70)93)57(101)81-41(58(102)84-42(54(71)98)26-33-11-14-35(91)15-12-33)17-20-50(94)75-21-3-2-7-37(59(103)88-53)79-61(105)45(30-111)78-51(95)29-69/h11-15,18,25,32,37-47,53,90-92,111-112H,2-10,16-17,19-24,26-31,69H2,1H3,(H2,70,93)(H2,71,98)(H,75,94)(H,78,95)(H,79,105)(H,80,106)(H,81,101)(H,82,104)(H,83,107)(H,84,102)(H,85,99)(H,86,108)(H,87,100)(H,88,103)(H,96,97)(H4,72,73,76)(H3,74,77,110)/t32-,37+,38+,39+,40+,41-,42+,43?,44+,45+,46+,47+,53+/m1/s1. The van der Waals surface area contributed by atoms with Crippen molar-refractivity contribution in [3.05, 3.63) is 57.2 Å². The molecule has 29 N–H and O–H groups in total. The SMILES string of the molecule is C[C@@H](O)[C@@H]1NC(=O)[C@@H](NC(=O)[C@H](CS)NC(=O)CN)CCCCNC(=O)CC[C@H](C(=O)N[C@@H](Cc2ccc(O)cc2)C(N)=O)NC(=O)[C@H](CCC(N)=O)NC(=O)C(Cc2ccc(O)c(I)c2)NC(=O)[C@H](CCCNC(N)=O)NC(=O)[C@H](CS)NC(=O)[C@H](CCCNC(=N)N)NC(=O)[C@@H]2CCCN2C(=O)[C@H](CC(=O)O)NC1=O. The Morgan fingerprint density at radius 1 is 0.652 bits per heavy atom. The van der Waals surface area contributed by atoms with Crippen LogP contribution >= 0.6 is 47.8 Å². The molecule has 0 bridgehead atoms. The van der Waals surface area contributed by atoms with Crippen molar-refractivity contribution in [2.45, 2.75) is 188 Å². The number of phenolic OH excluding ortho intramolecular Hbond substituents is 2. The number of aromatic hydroxyl groups is 2. The molecule has 4 rings (SSSR count). The molecule has 13 atom stereocenters. The number of benzene rings is 2. The van der Waals surface area contributed by atoms with Gasteiger partial charge in [-0.2, -0.15) is 25.3 Å². The van der Waals surface area contributed by atoms with Crippen LogP contribution in [0.2, 0.25) is 0 Å². The molecule has 2 heterocycles. The lowest BCUT2D eigenvalue weighted by atomic mass is 10.0. The van der Waals surface area contributed by atoms with Gasteiger partial charge in [-0.1, -0.05) is 18.2 Å². The largest absolute Gasteiger partial charge is 0.508 e. The second-order valence-corrected chi connectivity index (χ2v) is 28.2. The van der Waals surface area contributed by atoms with E-state index in [1.807, 2.05) is 0 Å². The normalized spacial score (nSPS) is 22.9. The summed E-state index contributed by atoms with van der Waals surface area (Å²) in [5.74, 6) is -19.3. The monoisotopic (exact) mass is 1730 g/mol. The minimum Gasteiger partial charge on any atom is -0.508 e. The van der Waals surface area contributed by atoms with Crippen LogP contribution in [0.1, 0.15) is 108 Å². The number of aliphatic hydroxyl groups is 1. The van der Waals surface area contributed by atoms with E-state index >= 15 is 0 Å². The summed E-state index contributed by atoms with van der Waals surface area (Å²) in [6.45, 7) is -0.177. The lowest BCUT2D eigenvalue weighted by molar-refractivity contribution is -0.146. The third-order valence-electron chi connectivity index (χ3n) is 17.6. The van der Waals surface area contributed by atoms with Crippen LogP contribution in [0.5, 0.6) is 11.5 Å². The van der Waals surface area contributed by atoms with E-state index in [0.29, 0.717) is 5.56 Å². The molecule has 0 radical (unpaired) electrons. The maximum absolute atomic E-state index is 14.9. The molecule has 2 aliphatic rings. The molecule has 618 valence electrons. The molecule has 2 saturated heterocycles. The second kappa shape index (κ2) is 47.6. The molecular weight excluding hydrogens is 1630 g/mol. The number of carboxylic acids is 1.